The Balaban J connectivity index is 1.67. The van der Waals surface area contributed by atoms with Gasteiger partial charge in [0.1, 0.15) is 18.2 Å². The second-order valence-electron chi connectivity index (χ2n) is 9.00. The van der Waals surface area contributed by atoms with Crippen LogP contribution in [0.4, 0.5) is 0 Å². The minimum atomic E-state index is -2.37. The van der Waals surface area contributed by atoms with E-state index in [4.69, 9.17) is 16.8 Å². The molecular weight excluding hydrogens is 402 g/mol. The van der Waals surface area contributed by atoms with Crippen molar-refractivity contribution in [2.24, 2.45) is 7.05 Å². The molecule has 0 spiro atoms. The molecule has 1 aliphatic rings. The van der Waals surface area contributed by atoms with Crippen LogP contribution in [0.3, 0.4) is 0 Å². The van der Waals surface area contributed by atoms with Crippen LogP contribution in [0.2, 0.25) is 0 Å². The van der Waals surface area contributed by atoms with Crippen molar-refractivity contribution in [3.8, 4) is 22.4 Å². The molecule has 0 saturated carbocycles. The smallest absolute Gasteiger partial charge is 0.216 e. The van der Waals surface area contributed by atoms with Gasteiger partial charge in [-0.25, -0.2) is 4.57 Å². The number of rotatable bonds is 3. The van der Waals surface area contributed by atoms with Crippen LogP contribution in [0.5, 0.6) is 0 Å². The monoisotopic (exact) mass is 441 g/mol. The fraction of sp³-hybridized carbons (Fsp3) is 0.258. The average Bonchev–Trinajstić information content (AvgIpc) is 3.35. The molecule has 2 heteroatoms. The quantitative estimate of drug-likeness (QED) is 0.261. The maximum atomic E-state index is 8.17. The highest BCUT2D eigenvalue weighted by atomic mass is 16.3. The molecule has 164 valence electrons. The van der Waals surface area contributed by atoms with Gasteiger partial charge in [-0.15, -0.1) is 0 Å². The van der Waals surface area contributed by atoms with Gasteiger partial charge in [0, 0.05) is 45.7 Å². The first-order chi connectivity index (χ1) is 19.5. The highest BCUT2D eigenvalue weighted by Crippen LogP contribution is 2.55. The van der Waals surface area contributed by atoms with Gasteiger partial charge in [0.05, 0.1) is 5.56 Å². The minimum absolute atomic E-state index is 0.234. The Labute approximate surface area is 208 Å². The molecule has 0 saturated heterocycles. The molecule has 2 nitrogen and oxygen atoms in total. The maximum Gasteiger partial charge on any atom is 0.216 e. The van der Waals surface area contributed by atoms with Crippen molar-refractivity contribution < 1.29 is 21.3 Å². The van der Waals surface area contributed by atoms with E-state index in [1.807, 2.05) is 55.5 Å². The van der Waals surface area contributed by atoms with E-state index >= 15 is 0 Å². The zero-order valence-electron chi connectivity index (χ0n) is 27.6. The molecule has 0 atom stereocenters. The van der Waals surface area contributed by atoms with Crippen molar-refractivity contribution in [1.29, 1.82) is 0 Å². The Bertz CT molecular complexity index is 1860. The van der Waals surface area contributed by atoms with Crippen molar-refractivity contribution in [2.45, 2.75) is 45.7 Å². The van der Waals surface area contributed by atoms with Gasteiger partial charge >= 0.3 is 0 Å². The summed E-state index contributed by atoms with van der Waals surface area (Å²) < 4.78 is 80.9. The SMILES string of the molecule is [2H]C([2H])([2H])CC1(CC([2H])([2H])[2H])c2ccccc2-c2c1ccc1c2oc2c(-c3ccc(C([2H])([2H])[2H])c[n+]3C)c(C)ccc21. The van der Waals surface area contributed by atoms with E-state index < -0.39 is 26.0 Å². The van der Waals surface area contributed by atoms with E-state index in [-0.39, 0.29) is 18.4 Å². The lowest BCUT2D eigenvalue weighted by Gasteiger charge is -2.29. The molecule has 33 heavy (non-hydrogen) atoms. The van der Waals surface area contributed by atoms with E-state index in [0.717, 1.165) is 38.7 Å². The van der Waals surface area contributed by atoms with E-state index in [1.165, 1.54) is 0 Å². The van der Waals surface area contributed by atoms with Crippen molar-refractivity contribution in [2.75, 3.05) is 0 Å². The number of aromatic nitrogens is 1. The van der Waals surface area contributed by atoms with Crippen molar-refractivity contribution >= 4 is 21.9 Å². The summed E-state index contributed by atoms with van der Waals surface area (Å²) in [4.78, 5) is 0. The summed E-state index contributed by atoms with van der Waals surface area (Å²) in [6.07, 6.45) is 0.976. The number of hydrogen-bond donors (Lipinski definition) is 0. The van der Waals surface area contributed by atoms with E-state index in [0.29, 0.717) is 22.3 Å². The fourth-order valence-corrected chi connectivity index (χ4v) is 5.56. The molecule has 0 unspecified atom stereocenters. The summed E-state index contributed by atoms with van der Waals surface area (Å²) in [6, 6.07) is 18.6. The number of furan rings is 1. The van der Waals surface area contributed by atoms with Crippen LogP contribution in [0, 0.1) is 13.8 Å². The third kappa shape index (κ3) is 2.58. The molecule has 5 aromatic rings. The van der Waals surface area contributed by atoms with Gasteiger partial charge in [-0.2, -0.15) is 0 Å². The van der Waals surface area contributed by atoms with Crippen LogP contribution in [0.25, 0.3) is 44.3 Å². The van der Waals surface area contributed by atoms with E-state index in [1.54, 1.807) is 29.9 Å². The molecule has 1 aliphatic carbocycles. The number of fused-ring (bicyclic) bond motifs is 7. The van der Waals surface area contributed by atoms with Crippen LogP contribution >= 0.6 is 0 Å². The molecule has 0 aliphatic heterocycles. The van der Waals surface area contributed by atoms with Crippen molar-refractivity contribution in [3.63, 3.8) is 0 Å². The Hall–Kier alpha value is -3.39. The summed E-state index contributed by atoms with van der Waals surface area (Å²) >= 11 is 0. The van der Waals surface area contributed by atoms with Crippen LogP contribution in [-0.2, 0) is 12.5 Å². The first kappa shape index (κ1) is 12.7. The minimum Gasteiger partial charge on any atom is -0.454 e. The van der Waals surface area contributed by atoms with Crippen LogP contribution in [0.1, 0.15) is 61.1 Å². The molecule has 0 amide bonds. The standard InChI is InChI=1S/C31H30NO/c1-6-31(7-2)24-11-9-8-10-23(24)28-25(31)16-15-22-21-14-13-20(4)27(29(21)33-30(22)28)26-17-12-19(3)18-32(26)5/h8-18H,6-7H2,1-5H3/q+1/i1D3,2D3,3D3. The highest BCUT2D eigenvalue weighted by molar-refractivity contribution is 6.14. The van der Waals surface area contributed by atoms with Gasteiger partial charge in [0.25, 0.3) is 0 Å². The van der Waals surface area contributed by atoms with Crippen LogP contribution in [0.15, 0.2) is 71.3 Å². The molecular formula is C31H30NO+. The fourth-order valence-electron chi connectivity index (χ4n) is 5.56. The topological polar surface area (TPSA) is 17.0 Å². The molecule has 0 radical (unpaired) electrons. The number of hydrogen-bond acceptors (Lipinski definition) is 1. The summed E-state index contributed by atoms with van der Waals surface area (Å²) in [5.41, 5.74) is 5.55. The second kappa shape index (κ2) is 7.05. The normalized spacial score (nSPS) is 19.3. The summed E-state index contributed by atoms with van der Waals surface area (Å²) in [7, 11) is 1.80. The number of pyridine rings is 1. The van der Waals surface area contributed by atoms with Crippen LogP contribution < -0.4 is 4.57 Å². The van der Waals surface area contributed by atoms with Gasteiger partial charge in [0.2, 0.25) is 5.69 Å². The molecule has 0 fully saturated rings. The van der Waals surface area contributed by atoms with Gasteiger partial charge in [-0.1, -0.05) is 62.2 Å². The maximum absolute atomic E-state index is 8.17. The average molecular weight is 442 g/mol. The highest BCUT2D eigenvalue weighted by Gasteiger charge is 2.42. The first-order valence-electron chi connectivity index (χ1n) is 15.6. The number of nitrogens with zero attached hydrogens (tertiary/aromatic N) is 1. The lowest BCUT2D eigenvalue weighted by atomic mass is 9.74. The van der Waals surface area contributed by atoms with E-state index in [2.05, 4.69) is 0 Å². The predicted molar refractivity (Wildman–Crippen MR) is 137 cm³/mol. The van der Waals surface area contributed by atoms with Crippen molar-refractivity contribution in [3.05, 3.63) is 89.1 Å². The molecule has 0 N–H and O–H groups in total. The van der Waals surface area contributed by atoms with E-state index in [9.17, 15) is 0 Å². The molecule has 0 bridgehead atoms. The summed E-state index contributed by atoms with van der Waals surface area (Å²) in [5, 5.41) is 1.69. The lowest BCUT2D eigenvalue weighted by molar-refractivity contribution is -0.660. The number of aryl methyl sites for hydroxylation is 3. The van der Waals surface area contributed by atoms with Gasteiger partial charge < -0.3 is 4.42 Å². The molecule has 2 aromatic heterocycles. The first-order valence-corrected chi connectivity index (χ1v) is 11.1. The third-order valence-corrected chi connectivity index (χ3v) is 7.24. The molecule has 2 heterocycles. The Morgan fingerprint density at radius 3 is 2.36 bits per heavy atom. The summed E-state index contributed by atoms with van der Waals surface area (Å²) in [5.74, 6) is 0. The van der Waals surface area contributed by atoms with Crippen molar-refractivity contribution in [1.82, 2.24) is 0 Å². The summed E-state index contributed by atoms with van der Waals surface area (Å²) in [6.45, 7) is -5.01. The Morgan fingerprint density at radius 1 is 0.848 bits per heavy atom. The molecule has 3 aromatic carbocycles. The lowest BCUT2D eigenvalue weighted by Crippen LogP contribution is -2.31. The Morgan fingerprint density at radius 2 is 1.61 bits per heavy atom. The van der Waals surface area contributed by atoms with Gasteiger partial charge in [-0.05, 0) is 54.9 Å². The number of benzene rings is 3. The third-order valence-electron chi connectivity index (χ3n) is 7.24. The zero-order valence-corrected chi connectivity index (χ0v) is 18.6. The largest absolute Gasteiger partial charge is 0.454 e. The van der Waals surface area contributed by atoms with Gasteiger partial charge in [-0.3, -0.25) is 0 Å². The van der Waals surface area contributed by atoms with Crippen LogP contribution in [-0.4, -0.2) is 0 Å². The Kier molecular flexibility index (Phi) is 2.72. The zero-order chi connectivity index (χ0) is 30.4. The molecule has 6 rings (SSSR count). The predicted octanol–water partition coefficient (Wildman–Crippen LogP) is 7.78. The van der Waals surface area contributed by atoms with Gasteiger partial charge in [0.15, 0.2) is 6.20 Å². The second-order valence-corrected chi connectivity index (χ2v) is 9.00.